The number of hydrogen-bond donors (Lipinski definition) is 2. The second-order valence-electron chi connectivity index (χ2n) is 6.88. The minimum absolute atomic E-state index is 0.0897. The van der Waals surface area contributed by atoms with Crippen LogP contribution < -0.4 is 15.8 Å². The minimum Gasteiger partial charge on any atom is -0.493 e. The zero-order valence-corrected chi connectivity index (χ0v) is 17.3. The molecule has 1 fully saturated rings. The molecule has 9 nitrogen and oxygen atoms in total. The minimum atomic E-state index is -0.863. The third kappa shape index (κ3) is 3.17. The van der Waals surface area contributed by atoms with Gasteiger partial charge in [0.05, 0.1) is 40.9 Å². The van der Waals surface area contributed by atoms with E-state index < -0.39 is 24.1 Å². The molecule has 1 amide bonds. The maximum absolute atomic E-state index is 15.0. The summed E-state index contributed by atoms with van der Waals surface area (Å²) in [5.41, 5.74) is 7.85. The molecule has 11 heteroatoms. The van der Waals surface area contributed by atoms with Crippen LogP contribution >= 0.6 is 11.6 Å². The smallest absolute Gasteiger partial charge is 0.407 e. The molecule has 0 radical (unpaired) electrons. The predicted octanol–water partition coefficient (Wildman–Crippen LogP) is 3.30. The van der Waals surface area contributed by atoms with E-state index in [4.69, 9.17) is 26.8 Å². The van der Waals surface area contributed by atoms with Crippen LogP contribution in [-0.4, -0.2) is 39.0 Å². The molecule has 3 heterocycles. The normalized spacial score (nSPS) is 17.1. The van der Waals surface area contributed by atoms with Crippen molar-refractivity contribution in [2.45, 2.75) is 32.9 Å². The van der Waals surface area contributed by atoms with Crippen LogP contribution in [0.3, 0.4) is 0 Å². The topological polar surface area (TPSA) is 117 Å². The van der Waals surface area contributed by atoms with Crippen molar-refractivity contribution in [3.05, 3.63) is 40.1 Å². The molecule has 158 valence electrons. The Kier molecular flexibility index (Phi) is 5.10. The third-order valence-corrected chi connectivity index (χ3v) is 5.31. The Labute approximate surface area is 176 Å². The Morgan fingerprint density at radius 1 is 1.50 bits per heavy atom. The molecule has 1 aliphatic heterocycles. The summed E-state index contributed by atoms with van der Waals surface area (Å²) in [6.45, 7) is 5.83. The summed E-state index contributed by atoms with van der Waals surface area (Å²) in [7, 11) is 0. The van der Waals surface area contributed by atoms with Gasteiger partial charge in [-0.05, 0) is 26.8 Å². The van der Waals surface area contributed by atoms with E-state index in [0.29, 0.717) is 28.1 Å². The summed E-state index contributed by atoms with van der Waals surface area (Å²) < 4.78 is 27.7. The number of carbonyl (C=O) groups is 1. The standard InChI is InChI=1S/C19H20ClFN6O3/c1-4-29-16-10(5-11(20)15(21)14(16)12-6-23-19(28)30-12)9(3)27-18-13(8(2)26-27)17(22)24-7-25-18/h5,7,9,12H,4,6H2,1-3H3,(H,23,28)(H2,22,24,25)/t9-,12?/m0/s1. The largest absolute Gasteiger partial charge is 0.493 e. The summed E-state index contributed by atoms with van der Waals surface area (Å²) in [4.78, 5) is 19.9. The first-order valence-electron chi connectivity index (χ1n) is 9.37. The van der Waals surface area contributed by atoms with Crippen molar-refractivity contribution in [2.75, 3.05) is 18.9 Å². The number of amides is 1. The van der Waals surface area contributed by atoms with Crippen LogP contribution in [0.5, 0.6) is 5.75 Å². The molecule has 0 saturated carbocycles. The molecule has 1 aliphatic rings. The third-order valence-electron chi connectivity index (χ3n) is 5.04. The molecule has 1 unspecified atom stereocenters. The van der Waals surface area contributed by atoms with Gasteiger partial charge in [-0.1, -0.05) is 11.6 Å². The molecule has 2 aromatic heterocycles. The van der Waals surface area contributed by atoms with Crippen LogP contribution in [0.2, 0.25) is 5.02 Å². The first kappa shape index (κ1) is 20.1. The molecule has 1 aromatic carbocycles. The van der Waals surface area contributed by atoms with Gasteiger partial charge in [0, 0.05) is 5.56 Å². The molecule has 0 bridgehead atoms. The van der Waals surface area contributed by atoms with E-state index in [2.05, 4.69) is 20.4 Å². The van der Waals surface area contributed by atoms with E-state index >= 15 is 4.39 Å². The number of anilines is 1. The van der Waals surface area contributed by atoms with Gasteiger partial charge in [-0.15, -0.1) is 0 Å². The fourth-order valence-electron chi connectivity index (χ4n) is 3.67. The fourth-order valence-corrected chi connectivity index (χ4v) is 3.89. The summed E-state index contributed by atoms with van der Waals surface area (Å²) in [5, 5.41) is 7.62. The van der Waals surface area contributed by atoms with Gasteiger partial charge in [-0.3, -0.25) is 0 Å². The number of rotatable bonds is 5. The van der Waals surface area contributed by atoms with Crippen LogP contribution in [-0.2, 0) is 4.74 Å². The zero-order valence-electron chi connectivity index (χ0n) is 16.6. The zero-order chi connectivity index (χ0) is 21.6. The van der Waals surface area contributed by atoms with Gasteiger partial charge in [0.1, 0.15) is 17.9 Å². The monoisotopic (exact) mass is 434 g/mol. The van der Waals surface area contributed by atoms with Crippen LogP contribution in [0.15, 0.2) is 12.4 Å². The number of aromatic nitrogens is 4. The Balaban J connectivity index is 1.91. The molecule has 1 saturated heterocycles. The Hall–Kier alpha value is -3.14. The van der Waals surface area contributed by atoms with Crippen molar-refractivity contribution in [3.8, 4) is 5.75 Å². The van der Waals surface area contributed by atoms with Gasteiger partial charge in [0.2, 0.25) is 0 Å². The highest BCUT2D eigenvalue weighted by atomic mass is 35.5. The van der Waals surface area contributed by atoms with Crippen molar-refractivity contribution >= 4 is 34.5 Å². The second kappa shape index (κ2) is 7.60. The highest BCUT2D eigenvalue weighted by molar-refractivity contribution is 6.31. The lowest BCUT2D eigenvalue weighted by Crippen LogP contribution is -2.16. The number of nitrogens with zero attached hydrogens (tertiary/aromatic N) is 4. The van der Waals surface area contributed by atoms with Gasteiger partial charge >= 0.3 is 6.09 Å². The number of nitrogen functional groups attached to an aromatic ring is 1. The van der Waals surface area contributed by atoms with E-state index in [0.717, 1.165) is 0 Å². The van der Waals surface area contributed by atoms with Crippen LogP contribution in [0, 0.1) is 12.7 Å². The first-order valence-corrected chi connectivity index (χ1v) is 9.75. The van der Waals surface area contributed by atoms with E-state index in [1.165, 1.54) is 12.4 Å². The average Bonchev–Trinajstić information content (AvgIpc) is 3.28. The van der Waals surface area contributed by atoms with Crippen molar-refractivity contribution in [1.29, 1.82) is 0 Å². The van der Waals surface area contributed by atoms with Crippen molar-refractivity contribution in [1.82, 2.24) is 25.1 Å². The number of fused-ring (bicyclic) bond motifs is 1. The van der Waals surface area contributed by atoms with Gasteiger partial charge in [-0.2, -0.15) is 5.10 Å². The van der Waals surface area contributed by atoms with Gasteiger partial charge in [-0.25, -0.2) is 23.8 Å². The van der Waals surface area contributed by atoms with Crippen LogP contribution in [0.1, 0.15) is 42.8 Å². The lowest BCUT2D eigenvalue weighted by atomic mass is 9.99. The van der Waals surface area contributed by atoms with Crippen molar-refractivity contribution < 1.29 is 18.7 Å². The van der Waals surface area contributed by atoms with E-state index in [-0.39, 0.29) is 29.5 Å². The SMILES string of the molecule is CCOc1c([C@H](C)n2nc(C)c3c(N)ncnc32)cc(Cl)c(F)c1C1CNC(=O)O1. The molecule has 4 rings (SSSR count). The molecule has 3 N–H and O–H groups in total. The Bertz CT molecular complexity index is 1150. The van der Waals surface area contributed by atoms with Gasteiger partial charge in [0.25, 0.3) is 0 Å². The number of nitrogens with two attached hydrogens (primary N) is 1. The molecular formula is C19H20ClFN6O3. The quantitative estimate of drug-likeness (QED) is 0.632. The molecular weight excluding hydrogens is 415 g/mol. The summed E-state index contributed by atoms with van der Waals surface area (Å²) in [5.74, 6) is -0.106. The number of carbonyl (C=O) groups excluding carboxylic acids is 1. The summed E-state index contributed by atoms with van der Waals surface area (Å²) in [6.07, 6.45) is -0.131. The number of nitrogens with one attached hydrogen (secondary N) is 1. The average molecular weight is 435 g/mol. The van der Waals surface area contributed by atoms with Crippen molar-refractivity contribution in [2.24, 2.45) is 0 Å². The fraction of sp³-hybridized carbons (Fsp3) is 0.368. The molecule has 0 aliphatic carbocycles. The van der Waals surface area contributed by atoms with Gasteiger partial charge in [0.15, 0.2) is 17.6 Å². The highest BCUT2D eigenvalue weighted by Crippen LogP contribution is 2.42. The number of ether oxygens (including phenoxy) is 2. The number of alkyl carbamates (subject to hydrolysis) is 1. The lowest BCUT2D eigenvalue weighted by Gasteiger charge is -2.23. The number of aryl methyl sites for hydroxylation is 1. The van der Waals surface area contributed by atoms with Crippen LogP contribution in [0.25, 0.3) is 11.0 Å². The summed E-state index contributed by atoms with van der Waals surface area (Å²) in [6, 6.07) is 1.05. The number of hydrogen-bond acceptors (Lipinski definition) is 7. The van der Waals surface area contributed by atoms with E-state index in [1.807, 2.05) is 6.92 Å². The Morgan fingerprint density at radius 3 is 2.93 bits per heavy atom. The Morgan fingerprint density at radius 2 is 2.27 bits per heavy atom. The molecule has 3 aromatic rings. The first-order chi connectivity index (χ1) is 14.3. The number of benzene rings is 1. The maximum atomic E-state index is 15.0. The summed E-state index contributed by atoms with van der Waals surface area (Å²) >= 11 is 6.22. The molecule has 30 heavy (non-hydrogen) atoms. The highest BCUT2D eigenvalue weighted by Gasteiger charge is 2.34. The molecule has 2 atom stereocenters. The lowest BCUT2D eigenvalue weighted by molar-refractivity contribution is 0.137. The predicted molar refractivity (Wildman–Crippen MR) is 108 cm³/mol. The maximum Gasteiger partial charge on any atom is 0.407 e. The number of halogens is 2. The second-order valence-corrected chi connectivity index (χ2v) is 7.28. The van der Waals surface area contributed by atoms with E-state index in [1.54, 1.807) is 18.5 Å². The van der Waals surface area contributed by atoms with Gasteiger partial charge < -0.3 is 20.5 Å². The van der Waals surface area contributed by atoms with E-state index in [9.17, 15) is 4.79 Å². The number of cyclic esters (lactones) is 1. The van der Waals surface area contributed by atoms with Crippen molar-refractivity contribution in [3.63, 3.8) is 0 Å². The van der Waals surface area contributed by atoms with Crippen LogP contribution in [0.4, 0.5) is 15.0 Å². The molecule has 0 spiro atoms.